The highest BCUT2D eigenvalue weighted by molar-refractivity contribution is 5.94. The van der Waals surface area contributed by atoms with Crippen LogP contribution in [0.3, 0.4) is 0 Å². The minimum absolute atomic E-state index is 0.0215. The van der Waals surface area contributed by atoms with Crippen LogP contribution in [0.4, 0.5) is 0 Å². The van der Waals surface area contributed by atoms with Gasteiger partial charge in [0.1, 0.15) is 5.56 Å². The van der Waals surface area contributed by atoms with Crippen LogP contribution in [-0.2, 0) is 0 Å². The lowest BCUT2D eigenvalue weighted by Gasteiger charge is -2.12. The number of nitrogens with zero attached hydrogens (tertiary/aromatic N) is 2. The first kappa shape index (κ1) is 20.0. The quantitative estimate of drug-likeness (QED) is 0.594. The zero-order valence-corrected chi connectivity index (χ0v) is 16.0. The summed E-state index contributed by atoms with van der Waals surface area (Å²) < 4.78 is 17.3. The fourth-order valence-electron chi connectivity index (χ4n) is 2.49. The summed E-state index contributed by atoms with van der Waals surface area (Å²) in [6.07, 6.45) is 3.06. The summed E-state index contributed by atoms with van der Waals surface area (Å²) in [5.74, 6) is 0.804. The maximum atomic E-state index is 12.3. The molecule has 0 aliphatic rings. The van der Waals surface area contributed by atoms with Crippen LogP contribution in [0.25, 0.3) is 0 Å². The zero-order chi connectivity index (χ0) is 20.0. The second-order valence-electron chi connectivity index (χ2n) is 5.89. The fourth-order valence-corrected chi connectivity index (χ4v) is 2.49. The molecule has 8 heteroatoms. The Balaban J connectivity index is 2.22. The highest BCUT2D eigenvalue weighted by atomic mass is 16.5. The average molecular weight is 373 g/mol. The van der Waals surface area contributed by atoms with Crippen LogP contribution in [0.5, 0.6) is 17.2 Å². The molecule has 8 nitrogen and oxygen atoms in total. The molecule has 1 aromatic heterocycles. The van der Waals surface area contributed by atoms with E-state index in [1.54, 1.807) is 24.4 Å². The van der Waals surface area contributed by atoms with Gasteiger partial charge in [-0.15, -0.1) is 0 Å². The van der Waals surface area contributed by atoms with E-state index in [4.69, 9.17) is 14.2 Å². The molecule has 2 aromatic rings. The average Bonchev–Trinajstić information content (AvgIpc) is 2.66. The van der Waals surface area contributed by atoms with Crippen LogP contribution < -0.4 is 25.2 Å². The number of amides is 1. The molecule has 0 fully saturated rings. The topological polar surface area (TPSA) is 91.2 Å². The number of hydrazone groups is 1. The fraction of sp³-hybridized carbons (Fsp3) is 0.316. The van der Waals surface area contributed by atoms with Crippen molar-refractivity contribution in [2.45, 2.75) is 19.9 Å². The second kappa shape index (κ2) is 8.88. The number of hydrogen-bond acceptors (Lipinski definition) is 6. The van der Waals surface area contributed by atoms with Crippen molar-refractivity contribution in [2.75, 3.05) is 21.3 Å². The Labute approximate surface area is 157 Å². The van der Waals surface area contributed by atoms with Crippen LogP contribution in [0.2, 0.25) is 0 Å². The predicted molar refractivity (Wildman–Crippen MR) is 102 cm³/mol. The van der Waals surface area contributed by atoms with Crippen molar-refractivity contribution in [3.63, 3.8) is 0 Å². The molecule has 0 aliphatic heterocycles. The van der Waals surface area contributed by atoms with Crippen LogP contribution in [0.15, 0.2) is 40.4 Å². The lowest BCUT2D eigenvalue weighted by Crippen LogP contribution is -2.31. The smallest absolute Gasteiger partial charge is 0.276 e. The van der Waals surface area contributed by atoms with Gasteiger partial charge in [-0.2, -0.15) is 5.10 Å². The number of carbonyl (C=O) groups is 1. The van der Waals surface area contributed by atoms with Gasteiger partial charge in [0, 0.05) is 17.8 Å². The Morgan fingerprint density at radius 1 is 1.15 bits per heavy atom. The third-order valence-electron chi connectivity index (χ3n) is 3.84. The Bertz CT molecular complexity index is 877. The van der Waals surface area contributed by atoms with E-state index in [9.17, 15) is 9.59 Å². The highest BCUT2D eigenvalue weighted by Gasteiger charge is 2.14. The highest BCUT2D eigenvalue weighted by Crippen LogP contribution is 2.37. The Hall–Kier alpha value is -3.29. The summed E-state index contributed by atoms with van der Waals surface area (Å²) in [4.78, 5) is 24.6. The van der Waals surface area contributed by atoms with Crippen molar-refractivity contribution in [3.8, 4) is 17.2 Å². The number of methoxy groups -OCH3 is 3. The van der Waals surface area contributed by atoms with Crippen LogP contribution in [0, 0.1) is 0 Å². The summed E-state index contributed by atoms with van der Waals surface area (Å²) in [6.45, 7) is 3.73. The van der Waals surface area contributed by atoms with Crippen molar-refractivity contribution in [2.24, 2.45) is 5.10 Å². The molecule has 1 amide bonds. The first-order valence-electron chi connectivity index (χ1n) is 8.27. The molecule has 0 bridgehead atoms. The van der Waals surface area contributed by atoms with E-state index in [-0.39, 0.29) is 17.2 Å². The molecule has 27 heavy (non-hydrogen) atoms. The molecule has 0 saturated carbocycles. The van der Waals surface area contributed by atoms with E-state index in [0.29, 0.717) is 22.8 Å². The zero-order valence-electron chi connectivity index (χ0n) is 16.0. The number of ether oxygens (including phenoxy) is 3. The van der Waals surface area contributed by atoms with Crippen LogP contribution >= 0.6 is 0 Å². The van der Waals surface area contributed by atoms with Gasteiger partial charge in [0.15, 0.2) is 11.5 Å². The minimum atomic E-state index is -0.585. The summed E-state index contributed by atoms with van der Waals surface area (Å²) in [5, 5.41) is 3.92. The van der Waals surface area contributed by atoms with Gasteiger partial charge in [-0.25, -0.2) is 5.43 Å². The van der Waals surface area contributed by atoms with E-state index < -0.39 is 5.91 Å². The number of aromatic nitrogens is 1. The third kappa shape index (κ3) is 4.46. The van der Waals surface area contributed by atoms with Crippen LogP contribution in [-0.4, -0.2) is 38.0 Å². The molecule has 0 unspecified atom stereocenters. The molecule has 0 radical (unpaired) electrons. The summed E-state index contributed by atoms with van der Waals surface area (Å²) in [5.41, 5.74) is 2.64. The van der Waals surface area contributed by atoms with Crippen molar-refractivity contribution in [1.29, 1.82) is 0 Å². The molecular formula is C19H23N3O5. The molecule has 2 rings (SSSR count). The standard InChI is InChI=1S/C19H23N3O5/c1-12(2)22-8-6-7-14(19(22)24)18(23)21-20-11-13-9-15(25-3)17(27-5)16(10-13)26-4/h6-12H,1-5H3,(H,21,23)/b20-11-. The number of hydrogen-bond donors (Lipinski definition) is 1. The van der Waals surface area contributed by atoms with Crippen LogP contribution in [0.1, 0.15) is 35.8 Å². The van der Waals surface area contributed by atoms with Gasteiger partial charge in [-0.1, -0.05) is 0 Å². The lowest BCUT2D eigenvalue weighted by molar-refractivity contribution is 0.0953. The summed E-state index contributed by atoms with van der Waals surface area (Å²) in [6, 6.07) is 6.44. The van der Waals surface area contributed by atoms with Gasteiger partial charge in [0.25, 0.3) is 11.5 Å². The molecule has 0 spiro atoms. The Morgan fingerprint density at radius 2 is 1.78 bits per heavy atom. The summed E-state index contributed by atoms with van der Waals surface area (Å²) >= 11 is 0. The first-order chi connectivity index (χ1) is 12.9. The maximum absolute atomic E-state index is 12.3. The van der Waals surface area contributed by atoms with Gasteiger partial charge in [0.2, 0.25) is 5.75 Å². The molecule has 1 aromatic carbocycles. The van der Waals surface area contributed by atoms with Gasteiger partial charge in [-0.3, -0.25) is 9.59 Å². The predicted octanol–water partition coefficient (Wildman–Crippen LogP) is 2.22. The first-order valence-corrected chi connectivity index (χ1v) is 8.27. The van der Waals surface area contributed by atoms with E-state index in [0.717, 1.165) is 0 Å². The largest absolute Gasteiger partial charge is 0.493 e. The molecular weight excluding hydrogens is 350 g/mol. The third-order valence-corrected chi connectivity index (χ3v) is 3.84. The lowest BCUT2D eigenvalue weighted by atomic mass is 10.2. The maximum Gasteiger partial charge on any atom is 0.276 e. The molecule has 1 heterocycles. The number of benzene rings is 1. The van der Waals surface area contributed by atoms with Crippen molar-refractivity contribution in [3.05, 3.63) is 51.9 Å². The SMILES string of the molecule is COc1cc(/C=N\NC(=O)c2cccn(C(C)C)c2=O)cc(OC)c1OC. The van der Waals surface area contributed by atoms with Gasteiger partial charge in [-0.05, 0) is 38.1 Å². The Kier molecular flexibility index (Phi) is 6.59. The van der Waals surface area contributed by atoms with E-state index in [1.165, 1.54) is 38.2 Å². The Morgan fingerprint density at radius 3 is 2.30 bits per heavy atom. The van der Waals surface area contributed by atoms with Gasteiger partial charge in [0.05, 0.1) is 27.5 Å². The number of pyridine rings is 1. The minimum Gasteiger partial charge on any atom is -0.493 e. The van der Waals surface area contributed by atoms with Crippen molar-refractivity contribution < 1.29 is 19.0 Å². The number of nitrogens with one attached hydrogen (secondary N) is 1. The van der Waals surface area contributed by atoms with E-state index in [2.05, 4.69) is 10.5 Å². The second-order valence-corrected chi connectivity index (χ2v) is 5.89. The summed E-state index contributed by atoms with van der Waals surface area (Å²) in [7, 11) is 4.53. The van der Waals surface area contributed by atoms with Crippen molar-refractivity contribution in [1.82, 2.24) is 9.99 Å². The van der Waals surface area contributed by atoms with Gasteiger partial charge >= 0.3 is 0 Å². The molecule has 0 atom stereocenters. The van der Waals surface area contributed by atoms with E-state index in [1.807, 2.05) is 13.8 Å². The molecule has 0 saturated heterocycles. The molecule has 1 N–H and O–H groups in total. The normalized spacial score (nSPS) is 10.9. The number of rotatable bonds is 7. The molecule has 144 valence electrons. The van der Waals surface area contributed by atoms with E-state index >= 15 is 0 Å². The van der Waals surface area contributed by atoms with Crippen molar-refractivity contribution >= 4 is 12.1 Å². The number of carbonyl (C=O) groups excluding carboxylic acids is 1. The van der Waals surface area contributed by atoms with Gasteiger partial charge < -0.3 is 18.8 Å². The monoisotopic (exact) mass is 373 g/mol. The molecule has 0 aliphatic carbocycles.